The standard InChI is InChI=1S/C13H20N2O4.C13H18N2O4.2CH4/c2*1-14-4-6-15(7-5-14)12(16)10-8-2-3-9(19-8)11(10)13(17)18;;/h8-11H,2-7H2,1H3,(H,17,18);2-3,8-11H,4-7H2,1H3,(H,17,18);2*1H4/t2*8-,9+,10?,11?;;/m00../s1. The van der Waals surface area contributed by atoms with E-state index in [1.807, 2.05) is 0 Å². The monoisotopic (exact) mass is 566 g/mol. The molecule has 0 saturated carbocycles. The minimum absolute atomic E-state index is 0. The predicted octanol–water partition coefficient (Wildman–Crippen LogP) is -5.18. The Bertz CT molecular complexity index is 975. The first-order valence-electron chi connectivity index (χ1n) is 13.8. The molecule has 4 bridgehead atoms. The SMILES string of the molecule is C.C.C[NH+]1CCN(C(=O)C2C(C(=O)[O-])[C@H]3C=C[C@@H]2O3)CC1.C[NH+]1CCN(C(=O)C2C(C(=O)[O-])[C@H]3CC[C@@H]2O3)CC1. The van der Waals surface area contributed by atoms with Crippen molar-refractivity contribution >= 4 is 23.8 Å². The fourth-order valence-corrected chi connectivity index (χ4v) is 6.81. The average molecular weight is 567 g/mol. The molecule has 0 aliphatic carbocycles. The molecule has 2 amide bonds. The van der Waals surface area contributed by atoms with E-state index in [0.717, 1.165) is 39.0 Å². The van der Waals surface area contributed by atoms with Crippen molar-refractivity contribution in [1.82, 2.24) is 9.80 Å². The number of carbonyl (C=O) groups is 4. The van der Waals surface area contributed by atoms with Crippen molar-refractivity contribution in [3.63, 3.8) is 0 Å². The van der Waals surface area contributed by atoms with Crippen LogP contribution in [0.4, 0.5) is 0 Å². The summed E-state index contributed by atoms with van der Waals surface area (Å²) in [4.78, 5) is 54.0. The normalized spacial score (nSPS) is 36.4. The number of nitrogens with zero attached hydrogens (tertiary/aromatic N) is 2. The maximum atomic E-state index is 12.6. The molecule has 2 N–H and O–H groups in total. The summed E-state index contributed by atoms with van der Waals surface area (Å²) in [6, 6.07) is 0. The number of hydrogen-bond acceptors (Lipinski definition) is 8. The lowest BCUT2D eigenvalue weighted by Gasteiger charge is -2.35. The molecule has 226 valence electrons. The summed E-state index contributed by atoms with van der Waals surface area (Å²) in [5.41, 5.74) is 0. The van der Waals surface area contributed by atoms with Gasteiger partial charge in [0.1, 0.15) is 0 Å². The number of likely N-dealkylation sites (N-methyl/N-ethyl adjacent to an activating group) is 2. The van der Waals surface area contributed by atoms with Crippen molar-refractivity contribution in [1.29, 1.82) is 0 Å². The van der Waals surface area contributed by atoms with Gasteiger partial charge in [0, 0.05) is 23.8 Å². The summed E-state index contributed by atoms with van der Waals surface area (Å²) in [6.07, 6.45) is 3.63. The van der Waals surface area contributed by atoms with E-state index in [4.69, 9.17) is 9.47 Å². The van der Waals surface area contributed by atoms with Gasteiger partial charge in [0.2, 0.25) is 11.8 Å². The number of fused-ring (bicyclic) bond motifs is 4. The van der Waals surface area contributed by atoms with E-state index < -0.39 is 47.8 Å². The van der Waals surface area contributed by atoms with Crippen LogP contribution in [0.1, 0.15) is 27.7 Å². The molecule has 40 heavy (non-hydrogen) atoms. The maximum Gasteiger partial charge on any atom is 0.229 e. The van der Waals surface area contributed by atoms with Gasteiger partial charge in [0.05, 0.1) is 103 Å². The zero-order valence-corrected chi connectivity index (χ0v) is 22.0. The first-order valence-corrected chi connectivity index (χ1v) is 13.8. The number of rotatable bonds is 4. The number of hydrogen-bond donors (Lipinski definition) is 2. The highest BCUT2D eigenvalue weighted by molar-refractivity contribution is 5.87. The smallest absolute Gasteiger partial charge is 0.229 e. The molecule has 0 radical (unpaired) electrons. The maximum absolute atomic E-state index is 12.6. The molecule has 0 aromatic heterocycles. The van der Waals surface area contributed by atoms with Crippen LogP contribution >= 0.6 is 0 Å². The Balaban J connectivity index is 0.000000210. The van der Waals surface area contributed by atoms with E-state index >= 15 is 0 Å². The van der Waals surface area contributed by atoms with Gasteiger partial charge in [-0.2, -0.15) is 0 Å². The van der Waals surface area contributed by atoms with Gasteiger partial charge in [0.15, 0.2) is 0 Å². The van der Waals surface area contributed by atoms with Crippen molar-refractivity contribution in [2.24, 2.45) is 23.7 Å². The number of carboxylic acids is 2. The molecular formula is C28H46N4O8. The minimum atomic E-state index is -1.19. The quantitative estimate of drug-likeness (QED) is 0.321. The van der Waals surface area contributed by atoms with Crippen LogP contribution in [-0.4, -0.2) is 124 Å². The molecule has 12 nitrogen and oxygen atoms in total. The van der Waals surface area contributed by atoms with Crippen LogP contribution in [0.3, 0.4) is 0 Å². The second-order valence-corrected chi connectivity index (χ2v) is 11.5. The Morgan fingerprint density at radius 3 is 1.50 bits per heavy atom. The molecule has 12 heteroatoms. The third kappa shape index (κ3) is 6.05. The first-order chi connectivity index (χ1) is 18.2. The molecule has 4 unspecified atom stereocenters. The van der Waals surface area contributed by atoms with Gasteiger partial charge in [0.25, 0.3) is 0 Å². The van der Waals surface area contributed by atoms with E-state index in [1.54, 1.807) is 22.0 Å². The Labute approximate surface area is 236 Å². The predicted molar refractivity (Wildman–Crippen MR) is 140 cm³/mol. The molecule has 0 aromatic rings. The minimum Gasteiger partial charge on any atom is -0.550 e. The highest BCUT2D eigenvalue weighted by Gasteiger charge is 2.54. The largest absolute Gasteiger partial charge is 0.550 e. The molecule has 6 aliphatic heterocycles. The zero-order chi connectivity index (χ0) is 27.1. The van der Waals surface area contributed by atoms with Crippen LogP contribution in [0.5, 0.6) is 0 Å². The van der Waals surface area contributed by atoms with E-state index in [0.29, 0.717) is 26.2 Å². The molecule has 0 spiro atoms. The van der Waals surface area contributed by atoms with Gasteiger partial charge in [-0.05, 0) is 12.8 Å². The number of quaternary nitrogens is 2. The van der Waals surface area contributed by atoms with Crippen LogP contribution in [-0.2, 0) is 28.7 Å². The summed E-state index contributed by atoms with van der Waals surface area (Å²) in [6.45, 7) is 6.42. The second kappa shape index (κ2) is 13.0. The van der Waals surface area contributed by atoms with E-state index in [-0.39, 0.29) is 38.9 Å². The van der Waals surface area contributed by atoms with Gasteiger partial charge in [-0.25, -0.2) is 0 Å². The third-order valence-corrected chi connectivity index (χ3v) is 9.14. The van der Waals surface area contributed by atoms with Gasteiger partial charge in [-0.3, -0.25) is 9.59 Å². The van der Waals surface area contributed by atoms with E-state index in [9.17, 15) is 29.4 Å². The van der Waals surface area contributed by atoms with Gasteiger partial charge >= 0.3 is 0 Å². The number of amides is 2. The molecule has 6 rings (SSSR count). The first kappa shape index (κ1) is 32.0. The van der Waals surface area contributed by atoms with E-state index in [1.165, 1.54) is 9.80 Å². The van der Waals surface area contributed by atoms with Gasteiger partial charge < -0.3 is 48.9 Å². The Morgan fingerprint density at radius 1 is 0.650 bits per heavy atom. The summed E-state index contributed by atoms with van der Waals surface area (Å²) < 4.78 is 11.1. The molecule has 6 heterocycles. The summed E-state index contributed by atoms with van der Waals surface area (Å²) in [7, 11) is 4.20. The molecule has 0 aromatic carbocycles. The Kier molecular flexibility index (Phi) is 10.4. The molecule has 5 saturated heterocycles. The van der Waals surface area contributed by atoms with Crippen molar-refractivity contribution in [3.05, 3.63) is 12.2 Å². The number of carboxylic acid groups (broad SMARTS) is 2. The molecule has 6 aliphatic rings. The average Bonchev–Trinajstić information content (AvgIpc) is 3.70. The van der Waals surface area contributed by atoms with Crippen LogP contribution < -0.4 is 20.0 Å². The van der Waals surface area contributed by atoms with Crippen LogP contribution in [0, 0.1) is 23.7 Å². The molecule has 5 fully saturated rings. The van der Waals surface area contributed by atoms with Gasteiger partial charge in [-0.1, -0.05) is 27.0 Å². The van der Waals surface area contributed by atoms with Crippen molar-refractivity contribution < 1.29 is 48.7 Å². The van der Waals surface area contributed by atoms with Crippen molar-refractivity contribution in [3.8, 4) is 0 Å². The van der Waals surface area contributed by atoms with Crippen LogP contribution in [0.2, 0.25) is 0 Å². The highest BCUT2D eigenvalue weighted by atomic mass is 16.5. The summed E-state index contributed by atoms with van der Waals surface area (Å²) in [5.74, 6) is -5.19. The van der Waals surface area contributed by atoms with Crippen LogP contribution in [0.25, 0.3) is 0 Å². The number of carbonyl (C=O) groups excluding carboxylic acids is 4. The van der Waals surface area contributed by atoms with E-state index in [2.05, 4.69) is 14.1 Å². The molecular weight excluding hydrogens is 520 g/mol. The van der Waals surface area contributed by atoms with Gasteiger partial charge in [-0.15, -0.1) is 0 Å². The second-order valence-electron chi connectivity index (χ2n) is 11.5. The Hall–Kier alpha value is -2.54. The Morgan fingerprint density at radius 2 is 1.05 bits per heavy atom. The fraction of sp³-hybridized carbons (Fsp3) is 0.786. The third-order valence-electron chi connectivity index (χ3n) is 9.14. The topological polar surface area (TPSA) is 148 Å². The van der Waals surface area contributed by atoms with Crippen molar-refractivity contribution in [2.75, 3.05) is 66.5 Å². The van der Waals surface area contributed by atoms with Crippen molar-refractivity contribution in [2.45, 2.75) is 52.1 Å². The number of nitrogens with one attached hydrogen (secondary N) is 2. The summed E-state index contributed by atoms with van der Waals surface area (Å²) in [5, 5.41) is 22.5. The number of piperazine rings is 2. The summed E-state index contributed by atoms with van der Waals surface area (Å²) >= 11 is 0. The number of ether oxygens (including phenoxy) is 2. The lowest BCUT2D eigenvalue weighted by Crippen LogP contribution is -3.12. The lowest BCUT2D eigenvalue weighted by molar-refractivity contribution is -0.883. The fourth-order valence-electron chi connectivity index (χ4n) is 6.81. The lowest BCUT2D eigenvalue weighted by atomic mass is 9.78. The number of aliphatic carboxylic acids is 2. The zero-order valence-electron chi connectivity index (χ0n) is 22.0. The molecule has 8 atom stereocenters. The van der Waals surface area contributed by atoms with Crippen LogP contribution in [0.15, 0.2) is 12.2 Å². The highest BCUT2D eigenvalue weighted by Crippen LogP contribution is 2.44.